The molecule has 0 N–H and O–H groups in total. The SMILES string of the molecule is N#Cc1ccc([N+]#N)c(I)c1. The molecule has 52 valence electrons. The van der Waals surface area contributed by atoms with E-state index in [0.29, 0.717) is 11.3 Å². The third-order valence-corrected chi connectivity index (χ3v) is 2.05. The number of rotatable bonds is 0. The Bertz CT molecular complexity index is 359. The van der Waals surface area contributed by atoms with Gasteiger partial charge in [-0.1, -0.05) is 0 Å². The zero-order chi connectivity index (χ0) is 8.27. The summed E-state index contributed by atoms with van der Waals surface area (Å²) in [6.07, 6.45) is 0. The van der Waals surface area contributed by atoms with Gasteiger partial charge in [0.15, 0.2) is 4.98 Å². The van der Waals surface area contributed by atoms with Crippen molar-refractivity contribution < 1.29 is 0 Å². The molecule has 1 aromatic carbocycles. The molecule has 1 aromatic rings. The third kappa shape index (κ3) is 1.66. The van der Waals surface area contributed by atoms with Gasteiger partial charge in [0.25, 0.3) is 0 Å². The smallest absolute Gasteiger partial charge is 0.192 e. The molecule has 0 atom stereocenters. The van der Waals surface area contributed by atoms with Crippen LogP contribution in [0, 0.1) is 20.3 Å². The van der Waals surface area contributed by atoms with Gasteiger partial charge in [-0.15, -0.1) is 0 Å². The molecular formula is C7H3IN3+. The molecule has 0 spiro atoms. The van der Waals surface area contributed by atoms with Gasteiger partial charge >= 0.3 is 5.69 Å². The topological polar surface area (TPSA) is 51.9 Å². The summed E-state index contributed by atoms with van der Waals surface area (Å²) >= 11 is 2.00. The van der Waals surface area contributed by atoms with Gasteiger partial charge in [-0.3, -0.25) is 0 Å². The van der Waals surface area contributed by atoms with Crippen molar-refractivity contribution in [3.05, 3.63) is 32.3 Å². The van der Waals surface area contributed by atoms with E-state index in [1.54, 1.807) is 18.2 Å². The summed E-state index contributed by atoms with van der Waals surface area (Å²) in [6.45, 7) is 0. The fraction of sp³-hybridized carbons (Fsp3) is 0. The maximum Gasteiger partial charge on any atom is 0.398 e. The molecule has 0 aromatic heterocycles. The van der Waals surface area contributed by atoms with E-state index in [0.717, 1.165) is 3.57 Å². The van der Waals surface area contributed by atoms with Crippen LogP contribution in [-0.2, 0) is 0 Å². The number of hydrogen-bond donors (Lipinski definition) is 0. The molecule has 0 saturated heterocycles. The molecule has 3 nitrogen and oxygen atoms in total. The largest absolute Gasteiger partial charge is 0.398 e. The Hall–Kier alpha value is -1.14. The van der Waals surface area contributed by atoms with Crippen LogP contribution in [0.1, 0.15) is 5.56 Å². The Morgan fingerprint density at radius 1 is 1.45 bits per heavy atom. The van der Waals surface area contributed by atoms with E-state index in [-0.39, 0.29) is 0 Å². The highest BCUT2D eigenvalue weighted by Gasteiger charge is 2.10. The Labute approximate surface area is 77.4 Å². The van der Waals surface area contributed by atoms with Crippen molar-refractivity contribution in [2.75, 3.05) is 0 Å². The molecule has 0 fully saturated rings. The van der Waals surface area contributed by atoms with E-state index in [2.05, 4.69) is 4.98 Å². The Kier molecular flexibility index (Phi) is 2.40. The first-order valence-electron chi connectivity index (χ1n) is 2.82. The Morgan fingerprint density at radius 2 is 2.18 bits per heavy atom. The second kappa shape index (κ2) is 3.31. The standard InChI is InChI=1S/C7H3IN3/c8-6-3-5(4-9)1-2-7(6)11-10/h1-3H/q+1. The van der Waals surface area contributed by atoms with Gasteiger partial charge in [-0.2, -0.15) is 5.26 Å². The molecule has 0 aliphatic heterocycles. The zero-order valence-corrected chi connectivity index (χ0v) is 7.61. The fourth-order valence-electron chi connectivity index (χ4n) is 0.658. The highest BCUT2D eigenvalue weighted by Crippen LogP contribution is 2.21. The van der Waals surface area contributed by atoms with Crippen LogP contribution in [0.15, 0.2) is 18.2 Å². The van der Waals surface area contributed by atoms with Crippen LogP contribution in [0.5, 0.6) is 0 Å². The third-order valence-electron chi connectivity index (χ3n) is 1.18. The van der Waals surface area contributed by atoms with Gasteiger partial charge in [-0.25, -0.2) is 0 Å². The predicted octanol–water partition coefficient (Wildman–Crippen LogP) is 2.65. The minimum Gasteiger partial charge on any atom is -0.192 e. The summed E-state index contributed by atoms with van der Waals surface area (Å²) < 4.78 is 0.768. The Morgan fingerprint density at radius 3 is 2.64 bits per heavy atom. The normalized spacial score (nSPS) is 8.27. The van der Waals surface area contributed by atoms with Crippen LogP contribution in [0.3, 0.4) is 0 Å². The molecule has 0 saturated carbocycles. The van der Waals surface area contributed by atoms with Crippen LogP contribution in [0.4, 0.5) is 5.69 Å². The van der Waals surface area contributed by atoms with Crippen molar-refractivity contribution in [3.8, 4) is 6.07 Å². The first-order valence-corrected chi connectivity index (χ1v) is 3.90. The van der Waals surface area contributed by atoms with E-state index in [1.807, 2.05) is 28.7 Å². The van der Waals surface area contributed by atoms with Gasteiger partial charge in [-0.05, 0) is 34.7 Å². The van der Waals surface area contributed by atoms with Crippen LogP contribution in [-0.4, -0.2) is 0 Å². The highest BCUT2D eigenvalue weighted by molar-refractivity contribution is 14.1. The summed E-state index contributed by atoms with van der Waals surface area (Å²) in [5, 5.41) is 16.9. The number of nitrogens with zero attached hydrogens (tertiary/aromatic N) is 3. The van der Waals surface area contributed by atoms with Crippen LogP contribution >= 0.6 is 22.6 Å². The molecule has 0 aliphatic carbocycles. The number of hydrogen-bond acceptors (Lipinski definition) is 2. The van der Waals surface area contributed by atoms with Crippen molar-refractivity contribution in [2.24, 2.45) is 0 Å². The maximum absolute atomic E-state index is 8.48. The van der Waals surface area contributed by atoms with Crippen LogP contribution in [0.2, 0.25) is 0 Å². The monoisotopic (exact) mass is 256 g/mol. The number of nitriles is 1. The molecule has 0 unspecified atom stereocenters. The first kappa shape index (κ1) is 7.96. The van der Waals surface area contributed by atoms with Crippen molar-refractivity contribution >= 4 is 28.3 Å². The second-order valence-electron chi connectivity index (χ2n) is 1.88. The summed E-state index contributed by atoms with van der Waals surface area (Å²) in [6, 6.07) is 6.86. The van der Waals surface area contributed by atoms with Crippen LogP contribution < -0.4 is 0 Å². The average Bonchev–Trinajstić information content (AvgIpc) is 2.04. The molecule has 4 heteroatoms. The molecule has 0 aliphatic rings. The molecule has 11 heavy (non-hydrogen) atoms. The van der Waals surface area contributed by atoms with E-state index in [1.165, 1.54) is 0 Å². The zero-order valence-electron chi connectivity index (χ0n) is 5.45. The van der Waals surface area contributed by atoms with Crippen LogP contribution in [0.25, 0.3) is 4.98 Å². The molecule has 0 radical (unpaired) electrons. The minimum absolute atomic E-state index is 0.490. The minimum atomic E-state index is 0.490. The lowest BCUT2D eigenvalue weighted by Gasteiger charge is -1.85. The lowest BCUT2D eigenvalue weighted by Crippen LogP contribution is -1.75. The van der Waals surface area contributed by atoms with E-state index in [4.69, 9.17) is 10.7 Å². The van der Waals surface area contributed by atoms with Gasteiger partial charge in [0.05, 0.1) is 11.6 Å². The number of benzene rings is 1. The van der Waals surface area contributed by atoms with E-state index >= 15 is 0 Å². The van der Waals surface area contributed by atoms with Crippen molar-refractivity contribution in [3.63, 3.8) is 0 Å². The molecule has 0 amide bonds. The van der Waals surface area contributed by atoms with Crippen molar-refractivity contribution in [2.45, 2.75) is 0 Å². The first-order chi connectivity index (χ1) is 5.27. The molecule has 0 heterocycles. The predicted molar refractivity (Wildman–Crippen MR) is 48.6 cm³/mol. The maximum atomic E-state index is 8.48. The van der Waals surface area contributed by atoms with E-state index in [9.17, 15) is 0 Å². The van der Waals surface area contributed by atoms with Gasteiger partial charge in [0, 0.05) is 6.07 Å². The Balaban J connectivity index is 3.25. The summed E-state index contributed by atoms with van der Waals surface area (Å²) in [7, 11) is 0. The van der Waals surface area contributed by atoms with E-state index < -0.39 is 0 Å². The van der Waals surface area contributed by atoms with Gasteiger partial charge in [0.1, 0.15) is 3.57 Å². The lowest BCUT2D eigenvalue weighted by molar-refractivity contribution is 1.43. The average molecular weight is 256 g/mol. The molecule has 0 bridgehead atoms. The van der Waals surface area contributed by atoms with Crippen molar-refractivity contribution in [1.29, 1.82) is 10.7 Å². The second-order valence-corrected chi connectivity index (χ2v) is 3.04. The highest BCUT2D eigenvalue weighted by atomic mass is 127. The quantitative estimate of drug-likeness (QED) is 0.529. The van der Waals surface area contributed by atoms with Gasteiger partial charge in [0.2, 0.25) is 5.39 Å². The molecule has 1 rings (SSSR count). The fourth-order valence-corrected chi connectivity index (χ4v) is 1.28. The van der Waals surface area contributed by atoms with Gasteiger partial charge < -0.3 is 0 Å². The number of diazo groups is 1. The summed E-state index contributed by atoms with van der Waals surface area (Å²) in [4.78, 5) is 3.03. The number of halogens is 1. The molecular weight excluding hydrogens is 253 g/mol. The lowest BCUT2D eigenvalue weighted by atomic mass is 10.2. The van der Waals surface area contributed by atoms with Crippen molar-refractivity contribution in [1.82, 2.24) is 0 Å². The summed E-state index contributed by atoms with van der Waals surface area (Å²) in [5.74, 6) is 0. The summed E-state index contributed by atoms with van der Waals surface area (Å²) in [5.41, 5.74) is 1.06.